The van der Waals surface area contributed by atoms with Gasteiger partial charge >= 0.3 is 0 Å². The molecular formula is C49H34NOP. The Hall–Kier alpha value is -5.95. The van der Waals surface area contributed by atoms with E-state index in [0.29, 0.717) is 0 Å². The van der Waals surface area contributed by atoms with Crippen molar-refractivity contribution < 1.29 is 4.57 Å². The predicted molar refractivity (Wildman–Crippen MR) is 220 cm³/mol. The van der Waals surface area contributed by atoms with Crippen LogP contribution in [0.5, 0.6) is 0 Å². The Morgan fingerprint density at radius 3 is 2.04 bits per heavy atom. The third kappa shape index (κ3) is 3.88. The van der Waals surface area contributed by atoms with Gasteiger partial charge in [0.25, 0.3) is 0 Å². The zero-order valence-electron chi connectivity index (χ0n) is 29.0. The van der Waals surface area contributed by atoms with Crippen molar-refractivity contribution in [3.63, 3.8) is 0 Å². The van der Waals surface area contributed by atoms with Crippen molar-refractivity contribution in [2.75, 3.05) is 0 Å². The van der Waals surface area contributed by atoms with Crippen LogP contribution in [-0.4, -0.2) is 4.57 Å². The van der Waals surface area contributed by atoms with E-state index in [2.05, 4.69) is 152 Å². The fourth-order valence-corrected chi connectivity index (χ4v) is 12.3. The topological polar surface area (TPSA) is 22.0 Å². The molecule has 1 unspecified atom stereocenters. The van der Waals surface area contributed by atoms with Gasteiger partial charge < -0.3 is 9.13 Å². The number of aromatic nitrogens is 1. The number of fused-ring (bicyclic) bond motifs is 11. The van der Waals surface area contributed by atoms with Crippen LogP contribution in [0, 0.1) is 0 Å². The zero-order valence-corrected chi connectivity index (χ0v) is 29.9. The fourth-order valence-electron chi connectivity index (χ4n) is 9.26. The molecular weight excluding hydrogens is 650 g/mol. The van der Waals surface area contributed by atoms with Gasteiger partial charge in [0.1, 0.15) is 0 Å². The second-order valence-corrected chi connectivity index (χ2v) is 17.5. The molecule has 1 atom stereocenters. The highest BCUT2D eigenvalue weighted by atomic mass is 31.2. The number of hydrogen-bond donors (Lipinski definition) is 0. The van der Waals surface area contributed by atoms with Crippen LogP contribution in [0.3, 0.4) is 0 Å². The molecule has 2 heterocycles. The molecule has 0 amide bonds. The van der Waals surface area contributed by atoms with Crippen molar-refractivity contribution in [2.45, 2.75) is 19.3 Å². The molecule has 0 spiro atoms. The Morgan fingerprint density at radius 1 is 0.500 bits per heavy atom. The maximum absolute atomic E-state index is 15.5. The molecule has 2 nitrogen and oxygen atoms in total. The van der Waals surface area contributed by atoms with Crippen LogP contribution in [-0.2, 0) is 9.98 Å². The van der Waals surface area contributed by atoms with E-state index in [1.54, 1.807) is 0 Å². The second kappa shape index (κ2) is 10.5. The normalized spacial score (nSPS) is 16.6. The van der Waals surface area contributed by atoms with Gasteiger partial charge in [-0.15, -0.1) is 0 Å². The summed E-state index contributed by atoms with van der Waals surface area (Å²) in [4.78, 5) is 0. The first kappa shape index (κ1) is 29.7. The van der Waals surface area contributed by atoms with Crippen LogP contribution in [0.1, 0.15) is 25.0 Å². The number of nitrogens with zero attached hydrogens (tertiary/aromatic N) is 1. The van der Waals surface area contributed by atoms with E-state index in [0.717, 1.165) is 43.8 Å². The molecule has 3 heteroatoms. The van der Waals surface area contributed by atoms with Crippen LogP contribution in [0.4, 0.5) is 0 Å². The maximum atomic E-state index is 15.5. The highest BCUT2D eigenvalue weighted by Gasteiger charge is 2.42. The molecule has 1 aromatic heterocycles. The molecule has 52 heavy (non-hydrogen) atoms. The number of benzene rings is 8. The Kier molecular flexibility index (Phi) is 6.03. The van der Waals surface area contributed by atoms with E-state index >= 15 is 4.57 Å². The summed E-state index contributed by atoms with van der Waals surface area (Å²) in [7, 11) is -3.09. The molecule has 1 aliphatic heterocycles. The molecule has 0 radical (unpaired) electrons. The van der Waals surface area contributed by atoms with Gasteiger partial charge in [-0.05, 0) is 86.1 Å². The second-order valence-electron chi connectivity index (χ2n) is 14.8. The average molecular weight is 684 g/mol. The van der Waals surface area contributed by atoms with E-state index in [1.807, 2.05) is 36.4 Å². The van der Waals surface area contributed by atoms with Crippen molar-refractivity contribution in [3.8, 4) is 39.1 Å². The SMILES string of the molecule is CC1(C)c2cc(-c3ccc4ccccc4c3)ccc2-c2ccc(-n3c4ccccc4c4ccc5c(c43)-c3ccccc3P5(=O)c3ccccc3)cc21. The van der Waals surface area contributed by atoms with Gasteiger partial charge in [-0.25, -0.2) is 0 Å². The first-order valence-electron chi connectivity index (χ1n) is 18.0. The van der Waals surface area contributed by atoms with Gasteiger partial charge in [0.05, 0.1) is 11.0 Å². The van der Waals surface area contributed by atoms with Gasteiger partial charge in [0.15, 0.2) is 7.14 Å². The summed E-state index contributed by atoms with van der Waals surface area (Å²) in [5, 5.41) is 7.61. The maximum Gasteiger partial charge on any atom is 0.172 e. The first-order chi connectivity index (χ1) is 25.4. The summed E-state index contributed by atoms with van der Waals surface area (Å²) in [6.07, 6.45) is 0. The molecule has 246 valence electrons. The molecule has 8 aromatic carbocycles. The largest absolute Gasteiger partial charge is 0.309 e. The summed E-state index contributed by atoms with van der Waals surface area (Å²) in [6, 6.07) is 60.8. The smallest absolute Gasteiger partial charge is 0.172 e. The molecule has 0 N–H and O–H groups in total. The molecule has 2 aliphatic rings. The fraction of sp³-hybridized carbons (Fsp3) is 0.0612. The molecule has 0 fully saturated rings. The lowest BCUT2D eigenvalue weighted by Gasteiger charge is -2.23. The summed E-state index contributed by atoms with van der Waals surface area (Å²) in [6.45, 7) is 4.73. The van der Waals surface area contributed by atoms with Crippen LogP contribution in [0.25, 0.3) is 71.6 Å². The highest BCUT2D eigenvalue weighted by Crippen LogP contribution is 2.55. The van der Waals surface area contributed by atoms with E-state index in [-0.39, 0.29) is 5.41 Å². The minimum Gasteiger partial charge on any atom is -0.309 e. The third-order valence-corrected chi connectivity index (χ3v) is 14.9. The molecule has 9 aromatic rings. The number of hydrogen-bond acceptors (Lipinski definition) is 1. The summed E-state index contributed by atoms with van der Waals surface area (Å²) in [5.74, 6) is 0. The summed E-state index contributed by atoms with van der Waals surface area (Å²) >= 11 is 0. The quantitative estimate of drug-likeness (QED) is 0.170. The highest BCUT2D eigenvalue weighted by molar-refractivity contribution is 7.86. The van der Waals surface area contributed by atoms with Crippen molar-refractivity contribution in [3.05, 3.63) is 181 Å². The molecule has 0 saturated carbocycles. The lowest BCUT2D eigenvalue weighted by atomic mass is 9.81. The van der Waals surface area contributed by atoms with E-state index < -0.39 is 7.14 Å². The Morgan fingerprint density at radius 2 is 1.17 bits per heavy atom. The van der Waals surface area contributed by atoms with E-state index in [9.17, 15) is 0 Å². The van der Waals surface area contributed by atoms with Crippen molar-refractivity contribution in [1.29, 1.82) is 0 Å². The number of para-hydroxylation sites is 1. The van der Waals surface area contributed by atoms with Gasteiger partial charge in [-0.1, -0.05) is 147 Å². The van der Waals surface area contributed by atoms with Crippen molar-refractivity contribution in [1.82, 2.24) is 4.57 Å². The minimum absolute atomic E-state index is 0.205. The minimum atomic E-state index is -3.09. The van der Waals surface area contributed by atoms with Crippen molar-refractivity contribution in [2.24, 2.45) is 0 Å². The van der Waals surface area contributed by atoms with Gasteiger partial charge in [-0.3, -0.25) is 0 Å². The molecule has 1 aliphatic carbocycles. The van der Waals surface area contributed by atoms with Gasteiger partial charge in [-0.2, -0.15) is 0 Å². The van der Waals surface area contributed by atoms with Gasteiger partial charge in [0, 0.05) is 43.4 Å². The number of rotatable bonds is 3. The molecule has 0 bridgehead atoms. The Labute approximate surface area is 303 Å². The summed E-state index contributed by atoms with van der Waals surface area (Å²) < 4.78 is 17.9. The third-order valence-electron chi connectivity index (χ3n) is 11.8. The molecule has 11 rings (SSSR count). The van der Waals surface area contributed by atoms with Crippen molar-refractivity contribution >= 4 is 55.6 Å². The lowest BCUT2D eigenvalue weighted by Crippen LogP contribution is -2.20. The monoisotopic (exact) mass is 683 g/mol. The Bertz CT molecular complexity index is 3020. The summed E-state index contributed by atoms with van der Waals surface area (Å²) in [5.41, 5.74) is 13.1. The van der Waals surface area contributed by atoms with E-state index in [1.165, 1.54) is 54.9 Å². The van der Waals surface area contributed by atoms with Gasteiger partial charge in [0.2, 0.25) is 0 Å². The lowest BCUT2D eigenvalue weighted by molar-refractivity contribution is 0.593. The molecule has 0 saturated heterocycles. The standard InChI is InChI=1S/C49H34NOP/c1-49(2)42-29-34(33-21-20-31-12-6-7-13-32(31)28-33)22-24-37(42)38-25-23-35(30-43(38)49)50-44-18-10-8-16-39(44)40-26-27-46-47(48(40)50)41-17-9-11-19-45(41)52(46,51)36-14-4-3-5-15-36/h3-30H,1-2H3. The Balaban J connectivity index is 1.13. The zero-order chi connectivity index (χ0) is 34.8. The van der Waals surface area contributed by atoms with E-state index in [4.69, 9.17) is 0 Å². The van der Waals surface area contributed by atoms with Crippen LogP contribution in [0.15, 0.2) is 170 Å². The first-order valence-corrected chi connectivity index (χ1v) is 19.7. The average Bonchev–Trinajstić information content (AvgIpc) is 3.76. The van der Waals surface area contributed by atoms with Crippen LogP contribution < -0.4 is 15.9 Å². The van der Waals surface area contributed by atoms with Crippen LogP contribution >= 0.6 is 7.14 Å². The predicted octanol–water partition coefficient (Wildman–Crippen LogP) is 11.5. The van der Waals surface area contributed by atoms with Crippen LogP contribution in [0.2, 0.25) is 0 Å².